The minimum Gasteiger partial charge on any atom is -0.310 e. The third kappa shape index (κ3) is 7.64. The first-order valence-electron chi connectivity index (χ1n) is 23.3. The van der Waals surface area contributed by atoms with Crippen molar-refractivity contribution in [2.45, 2.75) is 0 Å². The molecule has 11 aromatic carbocycles. The maximum Gasteiger partial charge on any atom is 0.0547 e. The summed E-state index contributed by atoms with van der Waals surface area (Å²) in [6.45, 7) is 0. The van der Waals surface area contributed by atoms with Gasteiger partial charge in [0.15, 0.2) is 0 Å². The number of fused-ring (bicyclic) bond motifs is 3. The van der Waals surface area contributed by atoms with E-state index in [1.807, 2.05) is 0 Å². The van der Waals surface area contributed by atoms with Crippen molar-refractivity contribution in [2.24, 2.45) is 0 Å². The molecule has 0 aliphatic heterocycles. The van der Waals surface area contributed by atoms with Crippen LogP contribution in [0.4, 0.5) is 17.1 Å². The molecule has 0 N–H and O–H groups in total. The highest BCUT2D eigenvalue weighted by Crippen LogP contribution is 2.45. The van der Waals surface area contributed by atoms with Gasteiger partial charge in [0.25, 0.3) is 0 Å². The zero-order chi connectivity index (χ0) is 45.2. The molecule has 68 heavy (non-hydrogen) atoms. The molecule has 0 saturated heterocycles. The Hall–Kier alpha value is -8.98. The molecular formula is C66H46N2. The molecule has 0 spiro atoms. The fourth-order valence-electron chi connectivity index (χ4n) is 9.96. The van der Waals surface area contributed by atoms with Crippen molar-refractivity contribution < 1.29 is 0 Å². The highest BCUT2D eigenvalue weighted by atomic mass is 15.1. The van der Waals surface area contributed by atoms with Crippen molar-refractivity contribution in [3.63, 3.8) is 0 Å². The van der Waals surface area contributed by atoms with E-state index in [0.29, 0.717) is 0 Å². The number of rotatable bonds is 10. The minimum atomic E-state index is 1.07. The Morgan fingerprint density at radius 2 is 0.691 bits per heavy atom. The van der Waals surface area contributed by atoms with Crippen LogP contribution in [-0.4, -0.2) is 4.57 Å². The van der Waals surface area contributed by atoms with Gasteiger partial charge in [-0.15, -0.1) is 0 Å². The summed E-state index contributed by atoms with van der Waals surface area (Å²) in [5.74, 6) is 0. The topological polar surface area (TPSA) is 8.17 Å². The average Bonchev–Trinajstić information content (AvgIpc) is 3.77. The van der Waals surface area contributed by atoms with Gasteiger partial charge in [-0.3, -0.25) is 0 Å². The van der Waals surface area contributed by atoms with Crippen molar-refractivity contribution in [3.8, 4) is 72.4 Å². The minimum absolute atomic E-state index is 1.07. The Morgan fingerprint density at radius 3 is 1.35 bits per heavy atom. The van der Waals surface area contributed by atoms with E-state index in [-0.39, 0.29) is 0 Å². The quantitative estimate of drug-likeness (QED) is 0.133. The van der Waals surface area contributed by atoms with Gasteiger partial charge in [-0.2, -0.15) is 0 Å². The van der Waals surface area contributed by atoms with Gasteiger partial charge in [0.2, 0.25) is 0 Å². The van der Waals surface area contributed by atoms with Crippen LogP contribution in [0.3, 0.4) is 0 Å². The number of aromatic nitrogens is 1. The van der Waals surface area contributed by atoms with Crippen LogP contribution in [0.1, 0.15) is 0 Å². The number of nitrogens with zero attached hydrogens (tertiary/aromatic N) is 2. The average molecular weight is 867 g/mol. The molecule has 1 heterocycles. The Labute approximate surface area is 397 Å². The molecule has 0 amide bonds. The van der Waals surface area contributed by atoms with Crippen LogP contribution in [0, 0.1) is 0 Å². The molecule has 2 heteroatoms. The van der Waals surface area contributed by atoms with Gasteiger partial charge < -0.3 is 9.47 Å². The lowest BCUT2D eigenvalue weighted by Gasteiger charge is -2.28. The highest BCUT2D eigenvalue weighted by Gasteiger charge is 2.20. The Morgan fingerprint density at radius 1 is 0.250 bits per heavy atom. The Balaban J connectivity index is 0.993. The van der Waals surface area contributed by atoms with Gasteiger partial charge in [-0.05, 0) is 140 Å². The van der Waals surface area contributed by atoms with Crippen molar-refractivity contribution in [1.82, 2.24) is 4.57 Å². The van der Waals surface area contributed by atoms with Crippen molar-refractivity contribution in [3.05, 3.63) is 279 Å². The zero-order valence-corrected chi connectivity index (χ0v) is 37.5. The maximum absolute atomic E-state index is 2.42. The molecule has 0 aliphatic rings. The molecule has 0 saturated carbocycles. The lowest BCUT2D eigenvalue weighted by molar-refractivity contribution is 1.18. The number of anilines is 3. The summed E-state index contributed by atoms with van der Waals surface area (Å²) in [5, 5.41) is 2.49. The highest BCUT2D eigenvalue weighted by molar-refractivity contribution is 6.16. The van der Waals surface area contributed by atoms with E-state index in [0.717, 1.165) is 45.0 Å². The smallest absolute Gasteiger partial charge is 0.0547 e. The van der Waals surface area contributed by atoms with Gasteiger partial charge in [0.1, 0.15) is 0 Å². The summed E-state index contributed by atoms with van der Waals surface area (Å²) in [6, 6.07) is 101. The third-order valence-electron chi connectivity index (χ3n) is 13.2. The van der Waals surface area contributed by atoms with Crippen molar-refractivity contribution >= 4 is 38.9 Å². The Kier molecular flexibility index (Phi) is 10.6. The first kappa shape index (κ1) is 40.5. The van der Waals surface area contributed by atoms with Crippen LogP contribution in [0.2, 0.25) is 0 Å². The second kappa shape index (κ2) is 17.8. The second-order valence-corrected chi connectivity index (χ2v) is 17.3. The molecule has 0 aliphatic carbocycles. The van der Waals surface area contributed by atoms with Gasteiger partial charge in [-0.1, -0.05) is 200 Å². The maximum atomic E-state index is 2.42. The monoisotopic (exact) mass is 866 g/mol. The molecule has 0 bridgehead atoms. The predicted octanol–water partition coefficient (Wildman–Crippen LogP) is 18.3. The molecular weight excluding hydrogens is 821 g/mol. The fourth-order valence-corrected chi connectivity index (χ4v) is 9.96. The van der Waals surface area contributed by atoms with Crippen LogP contribution < -0.4 is 4.90 Å². The summed E-state index contributed by atoms with van der Waals surface area (Å²) >= 11 is 0. The van der Waals surface area contributed by atoms with Gasteiger partial charge >= 0.3 is 0 Å². The molecule has 0 atom stereocenters. The lowest BCUT2D eigenvalue weighted by Crippen LogP contribution is -2.11. The van der Waals surface area contributed by atoms with E-state index in [1.54, 1.807) is 0 Å². The normalized spacial score (nSPS) is 11.2. The zero-order valence-electron chi connectivity index (χ0n) is 37.5. The molecule has 12 aromatic rings. The molecule has 320 valence electrons. The van der Waals surface area contributed by atoms with Crippen LogP contribution in [0.15, 0.2) is 279 Å². The summed E-state index contributed by atoms with van der Waals surface area (Å²) in [4.78, 5) is 2.42. The number of benzene rings is 11. The van der Waals surface area contributed by atoms with Crippen molar-refractivity contribution in [2.75, 3.05) is 4.90 Å². The standard InChI is InChI=1S/C66H46N2/c1-5-20-47(21-6-1)51-26-18-31-59(46-51)67(58-40-38-50(39-41-58)56-44-54(48-22-7-2-8-23-48)43-55(45-56)49-24-9-3-10-25-49)63-35-15-13-32-60(63)52-27-17-28-53(42-52)61-34-19-37-65-66(61)62-33-14-16-36-64(62)68(65)57-29-11-4-12-30-57/h1-46H. The summed E-state index contributed by atoms with van der Waals surface area (Å²) < 4.78 is 2.39. The lowest BCUT2D eigenvalue weighted by atomic mass is 9.93. The first-order valence-corrected chi connectivity index (χ1v) is 23.3. The first-order chi connectivity index (χ1) is 33.7. The molecule has 0 radical (unpaired) electrons. The van der Waals surface area contributed by atoms with E-state index in [9.17, 15) is 0 Å². The SMILES string of the molecule is c1ccc(-c2cc(-c3ccccc3)cc(-c3ccc(N(c4cccc(-c5ccccc5)c4)c4ccccc4-c4cccc(-c5cccc6c5c5ccccc5n6-c5ccccc5)c4)cc3)c2)cc1. The number of hydrogen-bond acceptors (Lipinski definition) is 1. The van der Waals surface area contributed by atoms with Gasteiger partial charge in [-0.25, -0.2) is 0 Å². The van der Waals surface area contributed by atoms with Crippen LogP contribution >= 0.6 is 0 Å². The number of hydrogen-bond donors (Lipinski definition) is 0. The fraction of sp³-hybridized carbons (Fsp3) is 0. The molecule has 0 unspecified atom stereocenters. The summed E-state index contributed by atoms with van der Waals surface area (Å²) in [6.07, 6.45) is 0. The molecule has 0 fully saturated rings. The molecule has 12 rings (SSSR count). The molecule has 1 aromatic heterocycles. The largest absolute Gasteiger partial charge is 0.310 e. The van der Waals surface area contributed by atoms with Crippen LogP contribution in [0.25, 0.3) is 94.3 Å². The summed E-state index contributed by atoms with van der Waals surface area (Å²) in [7, 11) is 0. The second-order valence-electron chi connectivity index (χ2n) is 17.3. The van der Waals surface area contributed by atoms with Crippen LogP contribution in [-0.2, 0) is 0 Å². The van der Waals surface area contributed by atoms with Crippen LogP contribution in [0.5, 0.6) is 0 Å². The summed E-state index contributed by atoms with van der Waals surface area (Å²) in [5.41, 5.74) is 20.9. The van der Waals surface area contributed by atoms with E-state index in [1.165, 1.54) is 66.3 Å². The third-order valence-corrected chi connectivity index (χ3v) is 13.2. The van der Waals surface area contributed by atoms with E-state index in [2.05, 4.69) is 289 Å². The van der Waals surface area contributed by atoms with E-state index < -0.39 is 0 Å². The van der Waals surface area contributed by atoms with Gasteiger partial charge in [0, 0.05) is 33.4 Å². The predicted molar refractivity (Wildman–Crippen MR) is 288 cm³/mol. The molecule has 2 nitrogen and oxygen atoms in total. The van der Waals surface area contributed by atoms with Gasteiger partial charge in [0.05, 0.1) is 16.7 Å². The Bertz CT molecular complexity index is 3650. The van der Waals surface area contributed by atoms with E-state index >= 15 is 0 Å². The van der Waals surface area contributed by atoms with Crippen molar-refractivity contribution in [1.29, 1.82) is 0 Å². The number of para-hydroxylation sites is 3. The van der Waals surface area contributed by atoms with E-state index in [4.69, 9.17) is 0 Å².